The second-order valence-corrected chi connectivity index (χ2v) is 5.15. The minimum absolute atomic E-state index is 0.295. The molecule has 0 fully saturated rings. The summed E-state index contributed by atoms with van der Waals surface area (Å²) in [5, 5.41) is 10.5. The van der Waals surface area contributed by atoms with Crippen LogP contribution >= 0.6 is 11.8 Å². The minimum Gasteiger partial charge on any atom is -0.389 e. The van der Waals surface area contributed by atoms with Gasteiger partial charge in [-0.3, -0.25) is 0 Å². The van der Waals surface area contributed by atoms with Crippen molar-refractivity contribution < 1.29 is 9.50 Å². The molecule has 4 heteroatoms. The normalized spacial score (nSPS) is 12.4. The van der Waals surface area contributed by atoms with Gasteiger partial charge in [-0.1, -0.05) is 17.8 Å². The molecule has 1 N–H and O–H groups in total. The van der Waals surface area contributed by atoms with Crippen LogP contribution in [0, 0.1) is 12.7 Å². The van der Waals surface area contributed by atoms with Crippen molar-refractivity contribution in [2.45, 2.75) is 29.9 Å². The molecular weight excluding hydrogens is 249 g/mol. The van der Waals surface area contributed by atoms with Crippen LogP contribution in [0.1, 0.15) is 24.2 Å². The fraction of sp³-hybridized carbons (Fsp3) is 0.214. The number of aliphatic hydroxyl groups excluding tert-OH is 1. The molecule has 0 amide bonds. The van der Waals surface area contributed by atoms with Crippen molar-refractivity contribution >= 4 is 11.8 Å². The third-order valence-corrected chi connectivity index (χ3v) is 3.62. The third kappa shape index (κ3) is 2.89. The van der Waals surface area contributed by atoms with Crippen LogP contribution in [0.15, 0.2) is 46.5 Å². The number of rotatable bonds is 3. The van der Waals surface area contributed by atoms with Crippen molar-refractivity contribution in [3.8, 4) is 0 Å². The van der Waals surface area contributed by atoms with Crippen molar-refractivity contribution in [2.75, 3.05) is 0 Å². The van der Waals surface area contributed by atoms with E-state index in [0.717, 1.165) is 9.92 Å². The topological polar surface area (TPSA) is 33.1 Å². The Morgan fingerprint density at radius 3 is 2.72 bits per heavy atom. The molecule has 18 heavy (non-hydrogen) atoms. The molecule has 0 spiro atoms. The zero-order valence-electron chi connectivity index (χ0n) is 10.2. The Morgan fingerprint density at radius 2 is 2.11 bits per heavy atom. The van der Waals surface area contributed by atoms with Gasteiger partial charge in [-0.2, -0.15) is 0 Å². The van der Waals surface area contributed by atoms with Crippen LogP contribution in [-0.2, 0) is 0 Å². The smallest absolute Gasteiger partial charge is 0.126 e. The summed E-state index contributed by atoms with van der Waals surface area (Å²) in [6.45, 7) is 3.34. The Bertz CT molecular complexity index is 543. The first kappa shape index (κ1) is 13.1. The predicted octanol–water partition coefficient (Wildman–Crippen LogP) is 3.73. The van der Waals surface area contributed by atoms with Gasteiger partial charge in [0.2, 0.25) is 0 Å². The highest BCUT2D eigenvalue weighted by Crippen LogP contribution is 2.33. The summed E-state index contributed by atoms with van der Waals surface area (Å²) in [5.41, 5.74) is 1.16. The van der Waals surface area contributed by atoms with E-state index in [0.29, 0.717) is 11.1 Å². The highest BCUT2D eigenvalue weighted by molar-refractivity contribution is 7.99. The van der Waals surface area contributed by atoms with Gasteiger partial charge in [0.25, 0.3) is 0 Å². The van der Waals surface area contributed by atoms with E-state index in [9.17, 15) is 9.50 Å². The molecule has 1 aromatic carbocycles. The first-order valence-corrected chi connectivity index (χ1v) is 6.46. The van der Waals surface area contributed by atoms with Crippen molar-refractivity contribution in [2.24, 2.45) is 0 Å². The lowest BCUT2D eigenvalue weighted by Gasteiger charge is -2.13. The predicted molar refractivity (Wildman–Crippen MR) is 70.1 cm³/mol. The van der Waals surface area contributed by atoms with Crippen LogP contribution in [-0.4, -0.2) is 10.1 Å². The van der Waals surface area contributed by atoms with Gasteiger partial charge >= 0.3 is 0 Å². The molecule has 2 aromatic rings. The fourth-order valence-electron chi connectivity index (χ4n) is 1.61. The molecule has 1 aromatic heterocycles. The Labute approximate surface area is 110 Å². The van der Waals surface area contributed by atoms with Crippen molar-refractivity contribution in [1.82, 2.24) is 4.98 Å². The number of hydrogen-bond donors (Lipinski definition) is 1. The Balaban J connectivity index is 2.40. The van der Waals surface area contributed by atoms with E-state index < -0.39 is 6.10 Å². The maximum absolute atomic E-state index is 13.5. The molecule has 1 heterocycles. The highest BCUT2D eigenvalue weighted by Gasteiger charge is 2.13. The molecule has 0 aliphatic carbocycles. The Kier molecular flexibility index (Phi) is 3.99. The summed E-state index contributed by atoms with van der Waals surface area (Å²) >= 11 is 1.43. The number of aliphatic hydroxyl groups is 1. The molecule has 0 bridgehead atoms. The summed E-state index contributed by atoms with van der Waals surface area (Å²) in [6.07, 6.45) is 1.01. The molecule has 1 atom stereocenters. The van der Waals surface area contributed by atoms with Gasteiger partial charge in [0, 0.05) is 11.1 Å². The molecule has 0 aliphatic heterocycles. The molecule has 0 saturated carbocycles. The van der Waals surface area contributed by atoms with Crippen molar-refractivity contribution in [3.63, 3.8) is 0 Å². The second kappa shape index (κ2) is 5.50. The number of hydrogen-bond acceptors (Lipinski definition) is 3. The first-order chi connectivity index (χ1) is 8.58. The summed E-state index contributed by atoms with van der Waals surface area (Å²) in [5.74, 6) is -0.295. The average molecular weight is 263 g/mol. The number of benzene rings is 1. The van der Waals surface area contributed by atoms with Crippen LogP contribution in [0.3, 0.4) is 0 Å². The van der Waals surface area contributed by atoms with E-state index in [2.05, 4.69) is 4.98 Å². The van der Waals surface area contributed by atoms with E-state index in [4.69, 9.17) is 0 Å². The maximum Gasteiger partial charge on any atom is 0.126 e. The Hall–Kier alpha value is -1.39. The molecule has 2 nitrogen and oxygen atoms in total. The molecule has 94 valence electrons. The van der Waals surface area contributed by atoms with Gasteiger partial charge in [-0.15, -0.1) is 0 Å². The zero-order chi connectivity index (χ0) is 13.1. The highest BCUT2D eigenvalue weighted by atomic mass is 32.2. The lowest BCUT2D eigenvalue weighted by molar-refractivity contribution is 0.196. The van der Waals surface area contributed by atoms with E-state index in [1.165, 1.54) is 17.8 Å². The monoisotopic (exact) mass is 263 g/mol. The molecule has 1 unspecified atom stereocenters. The number of nitrogens with zero attached hydrogens (tertiary/aromatic N) is 1. The average Bonchev–Trinajstić information content (AvgIpc) is 2.34. The number of halogens is 1. The van der Waals surface area contributed by atoms with Crippen LogP contribution in [0.2, 0.25) is 0 Å². The number of pyridine rings is 1. The maximum atomic E-state index is 13.5. The fourth-order valence-corrected chi connectivity index (χ4v) is 2.67. The quantitative estimate of drug-likeness (QED) is 0.916. The minimum atomic E-state index is -0.702. The van der Waals surface area contributed by atoms with Crippen LogP contribution < -0.4 is 0 Å². The number of aromatic nitrogens is 1. The van der Waals surface area contributed by atoms with Gasteiger partial charge in [0.05, 0.1) is 6.10 Å². The van der Waals surface area contributed by atoms with E-state index >= 15 is 0 Å². The van der Waals surface area contributed by atoms with E-state index in [1.807, 2.05) is 18.2 Å². The Morgan fingerprint density at radius 1 is 1.33 bits per heavy atom. The van der Waals surface area contributed by atoms with Gasteiger partial charge in [-0.05, 0) is 49.2 Å². The first-order valence-electron chi connectivity index (χ1n) is 5.65. The van der Waals surface area contributed by atoms with Crippen molar-refractivity contribution in [1.29, 1.82) is 0 Å². The molecule has 0 radical (unpaired) electrons. The summed E-state index contributed by atoms with van der Waals surface area (Å²) < 4.78 is 13.5. The second-order valence-electron chi connectivity index (χ2n) is 4.09. The van der Waals surface area contributed by atoms with Crippen LogP contribution in [0.5, 0.6) is 0 Å². The van der Waals surface area contributed by atoms with E-state index in [-0.39, 0.29) is 5.82 Å². The SMILES string of the molecule is Cc1cc(Sc2ccccn2)c(C(C)O)cc1F. The van der Waals surface area contributed by atoms with Gasteiger partial charge in [0.1, 0.15) is 10.8 Å². The lowest BCUT2D eigenvalue weighted by atomic mass is 10.1. The van der Waals surface area contributed by atoms with Gasteiger partial charge < -0.3 is 5.11 Å². The van der Waals surface area contributed by atoms with Crippen LogP contribution in [0.4, 0.5) is 4.39 Å². The zero-order valence-corrected chi connectivity index (χ0v) is 11.0. The molecular formula is C14H14FNOS. The van der Waals surface area contributed by atoms with Gasteiger partial charge in [0.15, 0.2) is 0 Å². The molecule has 0 aliphatic rings. The lowest BCUT2D eigenvalue weighted by Crippen LogP contribution is -1.97. The summed E-state index contributed by atoms with van der Waals surface area (Å²) in [4.78, 5) is 5.05. The molecule has 0 saturated heterocycles. The van der Waals surface area contributed by atoms with Gasteiger partial charge in [-0.25, -0.2) is 9.37 Å². The van der Waals surface area contributed by atoms with Crippen LogP contribution in [0.25, 0.3) is 0 Å². The summed E-state index contributed by atoms with van der Waals surface area (Å²) in [6, 6.07) is 8.76. The molecule has 2 rings (SSSR count). The standard InChI is InChI=1S/C14H14FNOS/c1-9-7-13(11(10(2)17)8-12(9)15)18-14-5-3-4-6-16-14/h3-8,10,17H,1-2H3. The summed E-state index contributed by atoms with van der Waals surface area (Å²) in [7, 11) is 0. The third-order valence-electron chi connectivity index (χ3n) is 2.59. The largest absolute Gasteiger partial charge is 0.389 e. The number of aryl methyl sites for hydroxylation is 1. The van der Waals surface area contributed by atoms with E-state index in [1.54, 1.807) is 26.1 Å². The van der Waals surface area contributed by atoms with Crippen molar-refractivity contribution in [3.05, 3.63) is 53.5 Å².